The first-order valence-corrected chi connectivity index (χ1v) is 9.78. The summed E-state index contributed by atoms with van der Waals surface area (Å²) in [5.74, 6) is 0.242. The Morgan fingerprint density at radius 1 is 1.24 bits per heavy atom. The molecule has 0 saturated heterocycles. The number of rotatable bonds is 4. The molecule has 0 amide bonds. The second-order valence-electron chi connectivity index (χ2n) is 4.99. The quantitative estimate of drug-likeness (QED) is 0.590. The normalized spacial score (nSPS) is 12.5. The third-order valence-corrected chi connectivity index (χ3v) is 5.14. The lowest BCUT2D eigenvalue weighted by Gasteiger charge is -2.15. The monoisotopic (exact) mass is 407 g/mol. The van der Waals surface area contributed by atoms with Crippen LogP contribution in [0.4, 0.5) is 13.2 Å². The molecule has 25 heavy (non-hydrogen) atoms. The van der Waals surface area contributed by atoms with Gasteiger partial charge in [0, 0.05) is 5.30 Å². The molecule has 0 fully saturated rings. The Morgan fingerprint density at radius 3 is 2.40 bits per heavy atom. The summed E-state index contributed by atoms with van der Waals surface area (Å²) in [6, 6.07) is 7.48. The lowest BCUT2D eigenvalue weighted by Crippen LogP contribution is -2.06. The molecule has 0 bridgehead atoms. The highest BCUT2D eigenvalue weighted by atomic mass is 35.7. The van der Waals surface area contributed by atoms with Crippen molar-refractivity contribution in [3.05, 3.63) is 52.0 Å². The van der Waals surface area contributed by atoms with Gasteiger partial charge in [0.25, 0.3) is 0 Å². The van der Waals surface area contributed by atoms with Gasteiger partial charge >= 0.3 is 6.18 Å². The van der Waals surface area contributed by atoms with Gasteiger partial charge in [0.1, 0.15) is 11.5 Å². The zero-order valence-corrected chi connectivity index (χ0v) is 15.3. The van der Waals surface area contributed by atoms with Crippen LogP contribution in [0.15, 0.2) is 30.3 Å². The maximum atomic E-state index is 12.7. The molecule has 1 atom stereocenters. The maximum Gasteiger partial charge on any atom is 0.416 e. The predicted octanol–water partition coefficient (Wildman–Crippen LogP) is 5.92. The van der Waals surface area contributed by atoms with Crippen molar-refractivity contribution >= 4 is 35.3 Å². The minimum atomic E-state index is -4.52. The summed E-state index contributed by atoms with van der Waals surface area (Å²) < 4.78 is 55.3. The summed E-state index contributed by atoms with van der Waals surface area (Å²) in [6.45, 7) is 1.81. The molecule has 9 heteroatoms. The molecular weight excluding hydrogens is 397 g/mol. The Labute approximate surface area is 152 Å². The highest BCUT2D eigenvalue weighted by molar-refractivity contribution is 7.80. The smallest absolute Gasteiger partial charge is 0.416 e. The third-order valence-electron chi connectivity index (χ3n) is 3.39. The van der Waals surface area contributed by atoms with Crippen molar-refractivity contribution in [1.82, 2.24) is 0 Å². The lowest BCUT2D eigenvalue weighted by atomic mass is 10.1. The van der Waals surface area contributed by atoms with E-state index in [2.05, 4.69) is 0 Å². The van der Waals surface area contributed by atoms with E-state index in [9.17, 15) is 17.7 Å². The molecule has 0 aliphatic rings. The van der Waals surface area contributed by atoms with Crippen LogP contribution in [0.2, 0.25) is 5.02 Å². The summed E-state index contributed by atoms with van der Waals surface area (Å²) in [5.41, 5.74) is -0.121. The SMILES string of the molecule is CCc1cc(C#N)c([PH](=O)Cl)cc1Oc1ccc(C(F)(F)F)cc1Cl. The van der Waals surface area contributed by atoms with Crippen molar-refractivity contribution in [2.75, 3.05) is 0 Å². The molecular formula is C16H11Cl2F3NO2P. The first kappa shape index (κ1) is 19.7. The molecule has 0 N–H and O–H groups in total. The summed E-state index contributed by atoms with van der Waals surface area (Å²) in [6.07, 6.45) is -4.04. The van der Waals surface area contributed by atoms with Gasteiger partial charge in [-0.15, -0.1) is 0 Å². The van der Waals surface area contributed by atoms with Crippen LogP contribution in [-0.2, 0) is 17.2 Å². The number of hydrogen-bond donors (Lipinski definition) is 0. The minimum absolute atomic E-state index is 0.00858. The number of nitrogens with zero attached hydrogens (tertiary/aromatic N) is 1. The Morgan fingerprint density at radius 2 is 1.92 bits per heavy atom. The van der Waals surface area contributed by atoms with Gasteiger partial charge in [0.15, 0.2) is 7.15 Å². The Balaban J connectivity index is 2.48. The molecule has 0 radical (unpaired) electrons. The van der Waals surface area contributed by atoms with Crippen molar-refractivity contribution in [3.8, 4) is 17.6 Å². The zero-order valence-electron chi connectivity index (χ0n) is 12.7. The van der Waals surface area contributed by atoms with E-state index < -0.39 is 18.9 Å². The van der Waals surface area contributed by atoms with Crippen molar-refractivity contribution in [2.45, 2.75) is 19.5 Å². The number of halogens is 5. The molecule has 2 aromatic rings. The standard InChI is InChI=1S/C16H11Cl2F3NO2P/c1-2-9-5-10(8-22)15(25(18)23)7-14(9)24-13-4-3-11(6-12(13)17)16(19,20)21/h3-7,25H,2H2,1H3. The van der Waals surface area contributed by atoms with Gasteiger partial charge in [-0.2, -0.15) is 18.4 Å². The highest BCUT2D eigenvalue weighted by Crippen LogP contribution is 2.38. The van der Waals surface area contributed by atoms with E-state index >= 15 is 0 Å². The number of hydrogen-bond acceptors (Lipinski definition) is 3. The summed E-state index contributed by atoms with van der Waals surface area (Å²) in [5, 5.41) is 9.03. The van der Waals surface area contributed by atoms with E-state index in [0.29, 0.717) is 12.0 Å². The number of aryl methyl sites for hydroxylation is 1. The molecule has 2 rings (SSSR count). The van der Waals surface area contributed by atoms with E-state index in [0.717, 1.165) is 18.2 Å². The number of alkyl halides is 3. The highest BCUT2D eigenvalue weighted by Gasteiger charge is 2.31. The molecule has 0 aliphatic heterocycles. The van der Waals surface area contributed by atoms with E-state index in [1.165, 1.54) is 12.1 Å². The molecule has 0 aromatic heterocycles. The van der Waals surface area contributed by atoms with Crippen LogP contribution in [0.3, 0.4) is 0 Å². The van der Waals surface area contributed by atoms with Gasteiger partial charge in [-0.1, -0.05) is 29.8 Å². The predicted molar refractivity (Wildman–Crippen MR) is 91.6 cm³/mol. The molecule has 0 aliphatic carbocycles. The second kappa shape index (κ2) is 7.70. The van der Waals surface area contributed by atoms with Crippen LogP contribution >= 0.6 is 30.0 Å². The maximum absolute atomic E-state index is 12.7. The van der Waals surface area contributed by atoms with Gasteiger partial charge in [0.05, 0.1) is 22.2 Å². The lowest BCUT2D eigenvalue weighted by molar-refractivity contribution is -0.137. The van der Waals surface area contributed by atoms with Gasteiger partial charge < -0.3 is 9.30 Å². The molecule has 0 saturated carbocycles. The first-order chi connectivity index (χ1) is 11.7. The fourth-order valence-corrected chi connectivity index (χ4v) is 3.40. The summed E-state index contributed by atoms with van der Waals surface area (Å²) >= 11 is 11.5. The number of ether oxygens (including phenoxy) is 1. The Bertz CT molecular complexity index is 879. The fourth-order valence-electron chi connectivity index (χ4n) is 2.13. The summed E-state index contributed by atoms with van der Waals surface area (Å²) in [7, 11) is -2.69. The average molecular weight is 408 g/mol. The summed E-state index contributed by atoms with van der Waals surface area (Å²) in [4.78, 5) is 0. The number of benzene rings is 2. The van der Waals surface area contributed by atoms with Crippen molar-refractivity contribution in [2.24, 2.45) is 0 Å². The number of nitriles is 1. The molecule has 2 aromatic carbocycles. The van der Waals surface area contributed by atoms with Crippen molar-refractivity contribution in [1.29, 1.82) is 5.26 Å². The van der Waals surface area contributed by atoms with Crippen LogP contribution in [0.1, 0.15) is 23.6 Å². The van der Waals surface area contributed by atoms with Crippen LogP contribution in [-0.4, -0.2) is 0 Å². The first-order valence-electron chi connectivity index (χ1n) is 6.98. The van der Waals surface area contributed by atoms with Gasteiger partial charge in [-0.25, -0.2) is 0 Å². The van der Waals surface area contributed by atoms with E-state index in [1.54, 1.807) is 6.92 Å². The van der Waals surface area contributed by atoms with Crippen molar-refractivity contribution in [3.63, 3.8) is 0 Å². The largest absolute Gasteiger partial charge is 0.455 e. The average Bonchev–Trinajstić information content (AvgIpc) is 2.55. The Hall–Kier alpha value is -1.67. The van der Waals surface area contributed by atoms with Gasteiger partial charge in [-0.3, -0.25) is 0 Å². The van der Waals surface area contributed by atoms with E-state index in [1.807, 2.05) is 6.07 Å². The fraction of sp³-hybridized carbons (Fsp3) is 0.188. The van der Waals surface area contributed by atoms with Crippen LogP contribution in [0.5, 0.6) is 11.5 Å². The van der Waals surface area contributed by atoms with Crippen LogP contribution < -0.4 is 10.0 Å². The van der Waals surface area contributed by atoms with E-state index in [4.69, 9.17) is 32.8 Å². The molecule has 0 heterocycles. The minimum Gasteiger partial charge on any atom is -0.455 e. The third kappa shape index (κ3) is 4.49. The molecule has 1 unspecified atom stereocenters. The van der Waals surface area contributed by atoms with E-state index in [-0.39, 0.29) is 27.4 Å². The van der Waals surface area contributed by atoms with Crippen LogP contribution in [0.25, 0.3) is 0 Å². The molecule has 0 spiro atoms. The van der Waals surface area contributed by atoms with Gasteiger partial charge in [0.2, 0.25) is 0 Å². The molecule has 3 nitrogen and oxygen atoms in total. The second-order valence-corrected chi connectivity index (χ2v) is 7.51. The van der Waals surface area contributed by atoms with Crippen molar-refractivity contribution < 1.29 is 22.5 Å². The van der Waals surface area contributed by atoms with Gasteiger partial charge in [-0.05, 0) is 42.3 Å². The zero-order chi connectivity index (χ0) is 18.8. The van der Waals surface area contributed by atoms with Crippen LogP contribution in [0, 0.1) is 11.3 Å². The topological polar surface area (TPSA) is 50.1 Å². The molecule has 132 valence electrons. The Kier molecular flexibility index (Phi) is 6.05.